The van der Waals surface area contributed by atoms with Crippen LogP contribution in [0.4, 0.5) is 5.69 Å². The molecule has 7 heteroatoms. The van der Waals surface area contributed by atoms with E-state index < -0.39 is 0 Å². The highest BCUT2D eigenvalue weighted by molar-refractivity contribution is 6.32. The highest BCUT2D eigenvalue weighted by Crippen LogP contribution is 2.36. The number of nitrogens with zero attached hydrogens (tertiary/aromatic N) is 1. The summed E-state index contributed by atoms with van der Waals surface area (Å²) in [5.41, 5.74) is 2.97. The van der Waals surface area contributed by atoms with Crippen molar-refractivity contribution in [2.24, 2.45) is 0 Å². The molecule has 6 nitrogen and oxygen atoms in total. The molecule has 0 aliphatic heterocycles. The Kier molecular flexibility index (Phi) is 6.24. The summed E-state index contributed by atoms with van der Waals surface area (Å²) in [5, 5.41) is 3.22. The Hall–Kier alpha value is -3.25. The number of nitrogens with one attached hydrogen (secondary N) is 1. The molecule has 2 aromatic carbocycles. The van der Waals surface area contributed by atoms with Crippen molar-refractivity contribution in [3.8, 4) is 23.0 Å². The SMILES string of the molecule is COc1cc(/C=C/C(=O)Nc2cccc(-c3nc(C)c(C)o3)c2)cc(Cl)c1OC. The Morgan fingerprint density at radius 2 is 1.97 bits per heavy atom. The molecule has 0 radical (unpaired) electrons. The van der Waals surface area contributed by atoms with E-state index in [1.54, 1.807) is 24.3 Å². The van der Waals surface area contributed by atoms with Crippen LogP contribution in [0.2, 0.25) is 5.02 Å². The molecule has 1 amide bonds. The second-order valence-electron chi connectivity index (χ2n) is 6.30. The van der Waals surface area contributed by atoms with Crippen LogP contribution in [0.1, 0.15) is 17.0 Å². The molecular weight excluding hydrogens is 392 g/mol. The van der Waals surface area contributed by atoms with Gasteiger partial charge in [0, 0.05) is 17.3 Å². The second kappa shape index (κ2) is 8.84. The minimum Gasteiger partial charge on any atom is -0.493 e. The standard InChI is InChI=1S/C22H21ClN2O4/c1-13-14(2)29-22(24-13)16-6-5-7-17(12-16)25-20(26)9-8-15-10-18(23)21(28-4)19(11-15)27-3/h5-12H,1-4H3,(H,25,26)/b9-8+. The van der Waals surface area contributed by atoms with Gasteiger partial charge in [0.15, 0.2) is 11.5 Å². The van der Waals surface area contributed by atoms with Crippen LogP contribution in [0, 0.1) is 13.8 Å². The third-order valence-electron chi connectivity index (χ3n) is 4.29. The summed E-state index contributed by atoms with van der Waals surface area (Å²) >= 11 is 6.19. The smallest absolute Gasteiger partial charge is 0.248 e. The monoisotopic (exact) mass is 412 g/mol. The lowest BCUT2D eigenvalue weighted by atomic mass is 10.1. The van der Waals surface area contributed by atoms with Crippen molar-refractivity contribution in [1.82, 2.24) is 4.98 Å². The van der Waals surface area contributed by atoms with E-state index in [0.29, 0.717) is 33.7 Å². The lowest BCUT2D eigenvalue weighted by molar-refractivity contribution is -0.111. The molecule has 0 fully saturated rings. The second-order valence-corrected chi connectivity index (χ2v) is 6.71. The van der Waals surface area contributed by atoms with Gasteiger partial charge in [-0.3, -0.25) is 4.79 Å². The first kappa shape index (κ1) is 20.5. The van der Waals surface area contributed by atoms with Crippen LogP contribution in [0.3, 0.4) is 0 Å². The topological polar surface area (TPSA) is 73.6 Å². The summed E-state index contributed by atoms with van der Waals surface area (Å²) in [4.78, 5) is 16.7. The van der Waals surface area contributed by atoms with Crippen molar-refractivity contribution >= 4 is 29.3 Å². The third-order valence-corrected chi connectivity index (χ3v) is 4.57. The number of aromatic nitrogens is 1. The fourth-order valence-electron chi connectivity index (χ4n) is 2.72. The molecule has 0 aliphatic rings. The number of anilines is 1. The van der Waals surface area contributed by atoms with E-state index in [1.165, 1.54) is 20.3 Å². The van der Waals surface area contributed by atoms with E-state index >= 15 is 0 Å². The molecule has 0 atom stereocenters. The number of aryl methyl sites for hydroxylation is 2. The van der Waals surface area contributed by atoms with Gasteiger partial charge >= 0.3 is 0 Å². The van der Waals surface area contributed by atoms with Gasteiger partial charge in [0.25, 0.3) is 0 Å². The fourth-order valence-corrected chi connectivity index (χ4v) is 3.01. The van der Waals surface area contributed by atoms with Crippen molar-refractivity contribution in [2.75, 3.05) is 19.5 Å². The van der Waals surface area contributed by atoms with E-state index in [4.69, 9.17) is 25.5 Å². The number of rotatable bonds is 6. The molecule has 0 saturated heterocycles. The van der Waals surface area contributed by atoms with E-state index in [9.17, 15) is 4.79 Å². The van der Waals surface area contributed by atoms with Crippen molar-refractivity contribution in [3.63, 3.8) is 0 Å². The molecule has 1 N–H and O–H groups in total. The number of oxazole rings is 1. The fraction of sp³-hybridized carbons (Fsp3) is 0.182. The molecule has 0 saturated carbocycles. The number of hydrogen-bond donors (Lipinski definition) is 1. The number of benzene rings is 2. The molecule has 0 spiro atoms. The zero-order valence-electron chi connectivity index (χ0n) is 16.6. The molecule has 1 aromatic heterocycles. The predicted octanol–water partition coefficient (Wildman–Crippen LogP) is 5.28. The molecule has 29 heavy (non-hydrogen) atoms. The van der Waals surface area contributed by atoms with Crippen LogP contribution in [0.25, 0.3) is 17.5 Å². The minimum atomic E-state index is -0.284. The van der Waals surface area contributed by atoms with Crippen molar-refractivity contribution < 1.29 is 18.7 Å². The van der Waals surface area contributed by atoms with Gasteiger partial charge in [0.05, 0.1) is 24.9 Å². The Balaban J connectivity index is 1.74. The van der Waals surface area contributed by atoms with Gasteiger partial charge in [-0.25, -0.2) is 4.98 Å². The summed E-state index contributed by atoms with van der Waals surface area (Å²) in [6.07, 6.45) is 3.07. The highest BCUT2D eigenvalue weighted by Gasteiger charge is 2.11. The minimum absolute atomic E-state index is 0.284. The van der Waals surface area contributed by atoms with Gasteiger partial charge in [-0.15, -0.1) is 0 Å². The van der Waals surface area contributed by atoms with Gasteiger partial charge in [0.2, 0.25) is 11.8 Å². The molecule has 3 aromatic rings. The summed E-state index contributed by atoms with van der Waals surface area (Å²) in [7, 11) is 3.04. The van der Waals surface area contributed by atoms with E-state index in [2.05, 4.69) is 10.3 Å². The molecule has 0 bridgehead atoms. The molecular formula is C22H21ClN2O4. The maximum atomic E-state index is 12.3. The first-order chi connectivity index (χ1) is 13.9. The predicted molar refractivity (Wildman–Crippen MR) is 114 cm³/mol. The number of ether oxygens (including phenoxy) is 2. The summed E-state index contributed by atoms with van der Waals surface area (Å²) in [5.74, 6) is 1.94. The number of hydrogen-bond acceptors (Lipinski definition) is 5. The van der Waals surface area contributed by atoms with Crippen LogP contribution in [-0.4, -0.2) is 25.1 Å². The molecule has 0 aliphatic carbocycles. The number of carbonyl (C=O) groups is 1. The van der Waals surface area contributed by atoms with Crippen molar-refractivity contribution in [1.29, 1.82) is 0 Å². The van der Waals surface area contributed by atoms with Gasteiger partial charge in [-0.1, -0.05) is 17.7 Å². The Labute approximate surface area is 174 Å². The average Bonchev–Trinajstić information content (AvgIpc) is 3.04. The lowest BCUT2D eigenvalue weighted by Crippen LogP contribution is -2.07. The summed E-state index contributed by atoms with van der Waals surface area (Å²) in [6, 6.07) is 10.7. The molecule has 1 heterocycles. The number of carbonyl (C=O) groups excluding carboxylic acids is 1. The first-order valence-corrected chi connectivity index (χ1v) is 9.24. The first-order valence-electron chi connectivity index (χ1n) is 8.86. The molecule has 0 unspecified atom stereocenters. The molecule has 150 valence electrons. The van der Waals surface area contributed by atoms with Crippen LogP contribution in [0.5, 0.6) is 11.5 Å². The third kappa shape index (κ3) is 4.78. The Morgan fingerprint density at radius 3 is 2.62 bits per heavy atom. The van der Waals surface area contributed by atoms with Crippen LogP contribution in [-0.2, 0) is 4.79 Å². The largest absolute Gasteiger partial charge is 0.493 e. The maximum Gasteiger partial charge on any atom is 0.248 e. The van der Waals surface area contributed by atoms with Gasteiger partial charge in [-0.2, -0.15) is 0 Å². The highest BCUT2D eigenvalue weighted by atomic mass is 35.5. The van der Waals surface area contributed by atoms with Crippen molar-refractivity contribution in [2.45, 2.75) is 13.8 Å². The average molecular weight is 413 g/mol. The number of amides is 1. The molecule has 3 rings (SSSR count). The Morgan fingerprint density at radius 1 is 1.17 bits per heavy atom. The normalized spacial score (nSPS) is 10.9. The van der Waals surface area contributed by atoms with Crippen LogP contribution >= 0.6 is 11.6 Å². The van der Waals surface area contributed by atoms with Gasteiger partial charge in [0.1, 0.15) is 5.76 Å². The number of halogens is 1. The maximum absolute atomic E-state index is 12.3. The Bertz CT molecular complexity index is 1050. The lowest BCUT2D eigenvalue weighted by Gasteiger charge is -2.10. The van der Waals surface area contributed by atoms with E-state index in [1.807, 2.05) is 32.0 Å². The zero-order chi connectivity index (χ0) is 21.0. The quantitative estimate of drug-likeness (QED) is 0.557. The van der Waals surface area contributed by atoms with E-state index in [-0.39, 0.29) is 5.91 Å². The van der Waals surface area contributed by atoms with Gasteiger partial charge < -0.3 is 19.2 Å². The number of methoxy groups -OCH3 is 2. The van der Waals surface area contributed by atoms with Crippen LogP contribution < -0.4 is 14.8 Å². The van der Waals surface area contributed by atoms with Gasteiger partial charge in [-0.05, 0) is 55.8 Å². The summed E-state index contributed by atoms with van der Waals surface area (Å²) < 4.78 is 16.1. The van der Waals surface area contributed by atoms with Crippen molar-refractivity contribution in [3.05, 3.63) is 64.5 Å². The zero-order valence-corrected chi connectivity index (χ0v) is 17.3. The summed E-state index contributed by atoms with van der Waals surface area (Å²) in [6.45, 7) is 3.75. The van der Waals surface area contributed by atoms with Crippen LogP contribution in [0.15, 0.2) is 46.9 Å². The van der Waals surface area contributed by atoms with E-state index in [0.717, 1.165) is 17.0 Å².